The van der Waals surface area contributed by atoms with Gasteiger partial charge in [0.1, 0.15) is 6.10 Å². The predicted octanol–water partition coefficient (Wildman–Crippen LogP) is 3.04. The van der Waals surface area contributed by atoms with Gasteiger partial charge >= 0.3 is 0 Å². The van der Waals surface area contributed by atoms with Crippen LogP contribution in [0.15, 0.2) is 17.8 Å². The molecule has 94 valence electrons. The average Bonchev–Trinajstić information content (AvgIpc) is 2.58. The first kappa shape index (κ1) is 12.4. The molecule has 0 aromatic carbocycles. The topological polar surface area (TPSA) is 38.1 Å². The fraction of sp³-hybridized carbons (Fsp3) is 0.643. The number of rotatable bonds is 2. The maximum absolute atomic E-state index is 10.4. The summed E-state index contributed by atoms with van der Waals surface area (Å²) >= 11 is 0. The number of aliphatic hydroxyl groups excluding tert-OH is 1. The minimum atomic E-state index is -0.457. The Hall–Kier alpha value is -1.09. The molecule has 0 saturated heterocycles. The molecule has 0 fully saturated rings. The van der Waals surface area contributed by atoms with Gasteiger partial charge in [0, 0.05) is 18.3 Å². The summed E-state index contributed by atoms with van der Waals surface area (Å²) in [5.41, 5.74) is 3.19. The lowest BCUT2D eigenvalue weighted by Crippen LogP contribution is -2.05. The van der Waals surface area contributed by atoms with E-state index < -0.39 is 6.10 Å². The summed E-state index contributed by atoms with van der Waals surface area (Å²) in [6, 6.07) is 0. The Bertz CT molecular complexity index is 406. The molecule has 1 aliphatic rings. The average molecular weight is 234 g/mol. The van der Waals surface area contributed by atoms with Gasteiger partial charge in [0.05, 0.1) is 6.20 Å². The molecule has 0 amide bonds. The first-order chi connectivity index (χ1) is 8.20. The van der Waals surface area contributed by atoms with E-state index in [4.69, 9.17) is 0 Å². The highest BCUT2D eigenvalue weighted by Gasteiger charge is 2.18. The second-order valence-corrected chi connectivity index (χ2v) is 4.94. The van der Waals surface area contributed by atoms with Crippen molar-refractivity contribution in [2.75, 3.05) is 0 Å². The van der Waals surface area contributed by atoms with Crippen LogP contribution < -0.4 is 0 Å². The SMILES string of the molecule is Cc1c(C(O)C2=CCCCCCC2)cnn1C. The molecule has 0 radical (unpaired) electrons. The molecule has 2 rings (SSSR count). The lowest BCUT2D eigenvalue weighted by molar-refractivity contribution is 0.208. The maximum Gasteiger partial charge on any atom is 0.103 e. The zero-order valence-electron chi connectivity index (χ0n) is 10.8. The Kier molecular flexibility index (Phi) is 4.00. The molecule has 1 aromatic heterocycles. The summed E-state index contributed by atoms with van der Waals surface area (Å²) in [5, 5.41) is 14.6. The third-order valence-corrected chi connectivity index (χ3v) is 3.75. The van der Waals surface area contributed by atoms with Crippen LogP contribution >= 0.6 is 0 Å². The fourth-order valence-electron chi connectivity index (χ4n) is 2.45. The number of allylic oxidation sites excluding steroid dienone is 1. The minimum absolute atomic E-state index is 0.457. The second kappa shape index (κ2) is 5.50. The Morgan fingerprint density at radius 2 is 2.06 bits per heavy atom. The van der Waals surface area contributed by atoms with E-state index in [1.807, 2.05) is 18.7 Å². The van der Waals surface area contributed by atoms with Crippen LogP contribution in [0.2, 0.25) is 0 Å². The molecule has 1 atom stereocenters. The van der Waals surface area contributed by atoms with Crippen LogP contribution in [-0.2, 0) is 7.05 Å². The van der Waals surface area contributed by atoms with E-state index in [1.165, 1.54) is 31.3 Å². The van der Waals surface area contributed by atoms with Crippen LogP contribution in [-0.4, -0.2) is 14.9 Å². The molecule has 0 saturated carbocycles. The molecule has 0 bridgehead atoms. The number of hydrogen-bond donors (Lipinski definition) is 1. The normalized spacial score (nSPS) is 19.4. The number of nitrogens with zero attached hydrogens (tertiary/aromatic N) is 2. The summed E-state index contributed by atoms with van der Waals surface area (Å²) in [7, 11) is 1.91. The predicted molar refractivity (Wildman–Crippen MR) is 68.7 cm³/mol. The molecule has 1 heterocycles. The van der Waals surface area contributed by atoms with Gasteiger partial charge in [-0.25, -0.2) is 0 Å². The van der Waals surface area contributed by atoms with Crippen molar-refractivity contribution in [3.63, 3.8) is 0 Å². The molecule has 3 heteroatoms. The van der Waals surface area contributed by atoms with E-state index in [-0.39, 0.29) is 0 Å². The standard InChI is InChI=1S/C14H22N2O/c1-11-13(10-15-16(11)2)14(17)12-8-6-4-3-5-7-9-12/h8,10,14,17H,3-7,9H2,1-2H3. The molecule has 1 N–H and O–H groups in total. The summed E-state index contributed by atoms with van der Waals surface area (Å²) < 4.78 is 1.82. The van der Waals surface area contributed by atoms with E-state index >= 15 is 0 Å². The smallest absolute Gasteiger partial charge is 0.103 e. The van der Waals surface area contributed by atoms with Crippen LogP contribution in [0.5, 0.6) is 0 Å². The van der Waals surface area contributed by atoms with E-state index in [2.05, 4.69) is 11.2 Å². The number of aromatic nitrogens is 2. The van der Waals surface area contributed by atoms with Gasteiger partial charge in [0.25, 0.3) is 0 Å². The van der Waals surface area contributed by atoms with Crippen molar-refractivity contribution in [2.45, 2.75) is 51.6 Å². The minimum Gasteiger partial charge on any atom is -0.384 e. The van der Waals surface area contributed by atoms with Gasteiger partial charge < -0.3 is 5.11 Å². The third-order valence-electron chi connectivity index (χ3n) is 3.75. The Labute approximate surface area is 103 Å². The molecular weight excluding hydrogens is 212 g/mol. The largest absolute Gasteiger partial charge is 0.384 e. The molecule has 1 aromatic rings. The molecule has 3 nitrogen and oxygen atoms in total. The molecule has 1 aliphatic carbocycles. The van der Waals surface area contributed by atoms with Gasteiger partial charge in [-0.05, 0) is 38.2 Å². The highest BCUT2D eigenvalue weighted by molar-refractivity contribution is 5.27. The molecule has 17 heavy (non-hydrogen) atoms. The Morgan fingerprint density at radius 3 is 2.76 bits per heavy atom. The van der Waals surface area contributed by atoms with E-state index in [0.717, 1.165) is 24.1 Å². The van der Waals surface area contributed by atoms with Gasteiger partial charge in [0.2, 0.25) is 0 Å². The molecule has 0 spiro atoms. The summed E-state index contributed by atoms with van der Waals surface area (Å²) in [6.07, 6.45) is 10.8. The van der Waals surface area contributed by atoms with Crippen LogP contribution in [0.1, 0.15) is 55.9 Å². The maximum atomic E-state index is 10.4. The van der Waals surface area contributed by atoms with Crippen molar-refractivity contribution in [2.24, 2.45) is 7.05 Å². The summed E-state index contributed by atoms with van der Waals surface area (Å²) in [5.74, 6) is 0. The first-order valence-corrected chi connectivity index (χ1v) is 6.55. The first-order valence-electron chi connectivity index (χ1n) is 6.55. The Morgan fingerprint density at radius 1 is 1.29 bits per heavy atom. The van der Waals surface area contributed by atoms with Crippen molar-refractivity contribution in [1.82, 2.24) is 9.78 Å². The number of hydrogen-bond acceptors (Lipinski definition) is 2. The van der Waals surface area contributed by atoms with Crippen LogP contribution in [0.4, 0.5) is 0 Å². The molecular formula is C14H22N2O. The second-order valence-electron chi connectivity index (χ2n) is 4.94. The highest BCUT2D eigenvalue weighted by atomic mass is 16.3. The van der Waals surface area contributed by atoms with E-state index in [1.54, 1.807) is 6.20 Å². The zero-order chi connectivity index (χ0) is 12.3. The third kappa shape index (κ3) is 2.78. The zero-order valence-corrected chi connectivity index (χ0v) is 10.8. The van der Waals surface area contributed by atoms with E-state index in [9.17, 15) is 5.11 Å². The summed E-state index contributed by atoms with van der Waals surface area (Å²) in [6.45, 7) is 2.01. The van der Waals surface area contributed by atoms with Gasteiger partial charge in [-0.1, -0.05) is 18.9 Å². The van der Waals surface area contributed by atoms with E-state index in [0.29, 0.717) is 0 Å². The van der Waals surface area contributed by atoms with Gasteiger partial charge in [-0.2, -0.15) is 5.10 Å². The van der Waals surface area contributed by atoms with Crippen LogP contribution in [0.25, 0.3) is 0 Å². The number of aryl methyl sites for hydroxylation is 1. The fourth-order valence-corrected chi connectivity index (χ4v) is 2.45. The lowest BCUT2D eigenvalue weighted by Gasteiger charge is -2.17. The quantitative estimate of drug-likeness (QED) is 0.799. The van der Waals surface area contributed by atoms with Gasteiger partial charge in [-0.3, -0.25) is 4.68 Å². The van der Waals surface area contributed by atoms with Crippen LogP contribution in [0, 0.1) is 6.92 Å². The highest BCUT2D eigenvalue weighted by Crippen LogP contribution is 2.29. The number of aliphatic hydroxyl groups is 1. The van der Waals surface area contributed by atoms with Crippen molar-refractivity contribution in [3.8, 4) is 0 Å². The van der Waals surface area contributed by atoms with Crippen molar-refractivity contribution in [1.29, 1.82) is 0 Å². The monoisotopic (exact) mass is 234 g/mol. The molecule has 0 aliphatic heterocycles. The van der Waals surface area contributed by atoms with Gasteiger partial charge in [0.15, 0.2) is 0 Å². The lowest BCUT2D eigenvalue weighted by atomic mass is 9.93. The van der Waals surface area contributed by atoms with Crippen molar-refractivity contribution in [3.05, 3.63) is 29.1 Å². The van der Waals surface area contributed by atoms with Gasteiger partial charge in [-0.15, -0.1) is 0 Å². The van der Waals surface area contributed by atoms with Crippen molar-refractivity contribution < 1.29 is 5.11 Å². The van der Waals surface area contributed by atoms with Crippen molar-refractivity contribution >= 4 is 0 Å². The Balaban J connectivity index is 2.17. The van der Waals surface area contributed by atoms with Crippen LogP contribution in [0.3, 0.4) is 0 Å². The summed E-state index contributed by atoms with van der Waals surface area (Å²) in [4.78, 5) is 0. The molecule has 1 unspecified atom stereocenters.